The van der Waals surface area contributed by atoms with Crippen molar-refractivity contribution in [3.63, 3.8) is 0 Å². The molecular formula is C24H19BrF3N3O5S. The zero-order valence-corrected chi connectivity index (χ0v) is 21.7. The quantitative estimate of drug-likeness (QED) is 0.354. The number of esters is 1. The Bertz CT molecular complexity index is 1310. The van der Waals surface area contributed by atoms with Crippen molar-refractivity contribution < 1.29 is 37.0 Å². The first kappa shape index (κ1) is 28.1. The van der Waals surface area contributed by atoms with Crippen LogP contribution < -0.4 is 15.4 Å². The predicted octanol–water partition coefficient (Wildman–Crippen LogP) is 4.59. The van der Waals surface area contributed by atoms with Crippen molar-refractivity contribution in [2.75, 3.05) is 25.3 Å². The van der Waals surface area contributed by atoms with Crippen LogP contribution in [0.5, 0.6) is 5.75 Å². The lowest BCUT2D eigenvalue weighted by Gasteiger charge is -2.31. The van der Waals surface area contributed by atoms with Crippen LogP contribution in [0.1, 0.15) is 17.0 Å². The number of carbonyl (C=O) groups is 3. The molecule has 0 unspecified atom stereocenters. The molecule has 2 atom stereocenters. The predicted molar refractivity (Wildman–Crippen MR) is 132 cm³/mol. The summed E-state index contributed by atoms with van der Waals surface area (Å²) in [7, 11) is 2.58. The van der Waals surface area contributed by atoms with Gasteiger partial charge in [-0.25, -0.2) is 0 Å². The second kappa shape index (κ2) is 11.7. The number of halogens is 4. The number of allylic oxidation sites excluding steroid dienone is 1. The Hall–Kier alpha value is -3.50. The van der Waals surface area contributed by atoms with Crippen molar-refractivity contribution in [3.05, 3.63) is 68.7 Å². The van der Waals surface area contributed by atoms with Crippen molar-refractivity contribution in [2.45, 2.75) is 12.1 Å². The SMILES string of the molecule is COC(=O)[C@H]1C(=O)NC(SCC(=O)Nc2cccc(C(F)(F)F)c2)=C(C#N)[C@H]1c1ccc(OC)c(Br)c1. The third-order valence-corrected chi connectivity index (χ3v) is 6.98. The van der Waals surface area contributed by atoms with Gasteiger partial charge in [0.1, 0.15) is 11.7 Å². The molecular weight excluding hydrogens is 579 g/mol. The van der Waals surface area contributed by atoms with E-state index in [1.165, 1.54) is 13.2 Å². The van der Waals surface area contributed by atoms with E-state index in [1.807, 2.05) is 6.07 Å². The number of rotatable bonds is 7. The van der Waals surface area contributed by atoms with Crippen molar-refractivity contribution in [1.29, 1.82) is 5.26 Å². The van der Waals surface area contributed by atoms with Gasteiger partial charge < -0.3 is 20.1 Å². The van der Waals surface area contributed by atoms with Crippen molar-refractivity contribution in [2.24, 2.45) is 5.92 Å². The highest BCUT2D eigenvalue weighted by atomic mass is 79.9. The Balaban J connectivity index is 1.89. The van der Waals surface area contributed by atoms with Gasteiger partial charge in [0.25, 0.3) is 0 Å². The molecule has 0 bridgehead atoms. The molecule has 0 saturated carbocycles. The Kier molecular flexibility index (Phi) is 8.88. The number of methoxy groups -OCH3 is 2. The lowest BCUT2D eigenvalue weighted by atomic mass is 9.78. The molecule has 2 amide bonds. The van der Waals surface area contributed by atoms with Gasteiger partial charge in [-0.15, -0.1) is 0 Å². The molecule has 0 saturated heterocycles. The molecule has 0 aliphatic carbocycles. The fraction of sp³-hybridized carbons (Fsp3) is 0.250. The number of carbonyl (C=O) groups excluding carboxylic acids is 3. The van der Waals surface area contributed by atoms with Gasteiger partial charge in [-0.05, 0) is 51.8 Å². The number of benzene rings is 2. The lowest BCUT2D eigenvalue weighted by molar-refractivity contribution is -0.150. The number of nitrogens with zero attached hydrogens (tertiary/aromatic N) is 1. The van der Waals surface area contributed by atoms with E-state index in [2.05, 4.69) is 26.6 Å². The Morgan fingerprint density at radius 1 is 1.22 bits per heavy atom. The third-order valence-electron chi connectivity index (χ3n) is 5.34. The van der Waals surface area contributed by atoms with Crippen LogP contribution in [0.15, 0.2) is 57.5 Å². The largest absolute Gasteiger partial charge is 0.496 e. The molecule has 0 spiro atoms. The summed E-state index contributed by atoms with van der Waals surface area (Å²) in [4.78, 5) is 37.9. The van der Waals surface area contributed by atoms with E-state index in [9.17, 15) is 32.8 Å². The van der Waals surface area contributed by atoms with Crippen LogP contribution in [0.4, 0.5) is 18.9 Å². The van der Waals surface area contributed by atoms with Crippen LogP contribution >= 0.6 is 27.7 Å². The van der Waals surface area contributed by atoms with E-state index in [4.69, 9.17) is 9.47 Å². The fourth-order valence-corrected chi connectivity index (χ4v) is 5.07. The van der Waals surface area contributed by atoms with E-state index in [0.29, 0.717) is 15.8 Å². The van der Waals surface area contributed by atoms with Crippen molar-refractivity contribution >= 4 is 51.2 Å². The minimum absolute atomic E-state index is 0.0175. The van der Waals surface area contributed by atoms with Crippen molar-refractivity contribution in [3.8, 4) is 11.8 Å². The molecule has 37 heavy (non-hydrogen) atoms. The molecule has 1 aliphatic rings. The highest BCUT2D eigenvalue weighted by molar-refractivity contribution is 9.10. The molecule has 2 N–H and O–H groups in total. The number of ether oxygens (including phenoxy) is 2. The van der Waals surface area contributed by atoms with Crippen molar-refractivity contribution in [1.82, 2.24) is 5.32 Å². The van der Waals surface area contributed by atoms with Gasteiger partial charge in [-0.2, -0.15) is 18.4 Å². The van der Waals surface area contributed by atoms with Crippen LogP contribution in [-0.2, 0) is 25.3 Å². The van der Waals surface area contributed by atoms with Gasteiger partial charge in [-0.3, -0.25) is 14.4 Å². The minimum atomic E-state index is -4.57. The molecule has 0 aromatic heterocycles. The number of nitrogens with one attached hydrogen (secondary N) is 2. The number of hydrogen-bond donors (Lipinski definition) is 2. The molecule has 2 aromatic carbocycles. The highest BCUT2D eigenvalue weighted by Crippen LogP contribution is 2.42. The minimum Gasteiger partial charge on any atom is -0.496 e. The molecule has 3 rings (SSSR count). The smallest absolute Gasteiger partial charge is 0.416 e. The summed E-state index contributed by atoms with van der Waals surface area (Å²) in [6, 6.07) is 11.0. The summed E-state index contributed by atoms with van der Waals surface area (Å²) < 4.78 is 49.3. The molecule has 1 aliphatic heterocycles. The van der Waals surface area contributed by atoms with Gasteiger partial charge in [0, 0.05) is 11.6 Å². The Morgan fingerprint density at radius 3 is 2.54 bits per heavy atom. The highest BCUT2D eigenvalue weighted by Gasteiger charge is 2.44. The Labute approximate surface area is 222 Å². The third kappa shape index (κ3) is 6.44. The molecule has 194 valence electrons. The monoisotopic (exact) mass is 597 g/mol. The summed E-state index contributed by atoms with van der Waals surface area (Å²) in [6.07, 6.45) is -4.57. The number of alkyl halides is 3. The van der Waals surface area contributed by atoms with E-state index >= 15 is 0 Å². The number of nitriles is 1. The molecule has 8 nitrogen and oxygen atoms in total. The van der Waals surface area contributed by atoms with Crippen LogP contribution in [-0.4, -0.2) is 37.8 Å². The van der Waals surface area contributed by atoms with Gasteiger partial charge in [0.05, 0.1) is 46.7 Å². The van der Waals surface area contributed by atoms with Gasteiger partial charge >= 0.3 is 12.1 Å². The zero-order chi connectivity index (χ0) is 27.3. The maximum absolute atomic E-state index is 12.9. The van der Waals surface area contributed by atoms with Gasteiger partial charge in [-0.1, -0.05) is 23.9 Å². The molecule has 1 heterocycles. The summed E-state index contributed by atoms with van der Waals surface area (Å²) in [5, 5.41) is 14.9. The summed E-state index contributed by atoms with van der Waals surface area (Å²) in [5.74, 6) is -4.49. The van der Waals surface area contributed by atoms with E-state index in [1.54, 1.807) is 18.2 Å². The van der Waals surface area contributed by atoms with Crippen LogP contribution in [0.2, 0.25) is 0 Å². The van der Waals surface area contributed by atoms with Gasteiger partial charge in [0.15, 0.2) is 0 Å². The van der Waals surface area contributed by atoms with E-state index in [-0.39, 0.29) is 22.0 Å². The maximum Gasteiger partial charge on any atom is 0.416 e. The topological polar surface area (TPSA) is 118 Å². The van der Waals surface area contributed by atoms with E-state index < -0.39 is 41.4 Å². The average Bonchev–Trinajstić information content (AvgIpc) is 2.86. The second-order valence-electron chi connectivity index (χ2n) is 7.63. The van der Waals surface area contributed by atoms with Crippen LogP contribution in [0.3, 0.4) is 0 Å². The maximum atomic E-state index is 12.9. The first-order valence-electron chi connectivity index (χ1n) is 10.5. The molecule has 0 fully saturated rings. The first-order chi connectivity index (χ1) is 17.5. The first-order valence-corrected chi connectivity index (χ1v) is 12.2. The normalized spacial score (nSPS) is 17.5. The van der Waals surface area contributed by atoms with Crippen LogP contribution in [0, 0.1) is 17.2 Å². The number of amides is 2. The lowest BCUT2D eigenvalue weighted by Crippen LogP contribution is -2.44. The molecule has 0 radical (unpaired) electrons. The summed E-state index contributed by atoms with van der Waals surface area (Å²) >= 11 is 4.15. The number of anilines is 1. The zero-order valence-electron chi connectivity index (χ0n) is 19.3. The number of hydrogen-bond acceptors (Lipinski definition) is 7. The Morgan fingerprint density at radius 2 is 1.95 bits per heavy atom. The molecule has 2 aromatic rings. The van der Waals surface area contributed by atoms with Gasteiger partial charge in [0.2, 0.25) is 11.8 Å². The van der Waals surface area contributed by atoms with E-state index in [0.717, 1.165) is 37.1 Å². The summed E-state index contributed by atoms with van der Waals surface area (Å²) in [5.41, 5.74) is -0.520. The second-order valence-corrected chi connectivity index (χ2v) is 9.47. The van der Waals surface area contributed by atoms with Crippen LogP contribution in [0.25, 0.3) is 0 Å². The number of thioether (sulfide) groups is 1. The average molecular weight is 598 g/mol. The summed E-state index contributed by atoms with van der Waals surface area (Å²) in [6.45, 7) is 0. The fourth-order valence-electron chi connectivity index (χ4n) is 3.66. The standard InChI is InChI=1S/C24H19BrF3N3O5S/c1-35-17-7-6-12(8-16(17)25)19-15(10-29)22(31-21(33)20(19)23(34)36-2)37-11-18(32)30-14-5-3-4-13(9-14)24(26,27)28/h3-9,19-20H,11H2,1-2H3,(H,30,32)(H,31,33)/t19-,20-/m1/s1. The molecule has 13 heteroatoms.